The van der Waals surface area contributed by atoms with E-state index in [0.717, 1.165) is 16.5 Å². The van der Waals surface area contributed by atoms with Crippen LogP contribution < -0.4 is 14.8 Å². The number of benzene rings is 2. The second kappa shape index (κ2) is 10.1. The van der Waals surface area contributed by atoms with Crippen LogP contribution in [0.5, 0.6) is 11.5 Å². The van der Waals surface area contributed by atoms with Gasteiger partial charge in [0.2, 0.25) is 0 Å². The zero-order valence-electron chi connectivity index (χ0n) is 16.9. The highest BCUT2D eigenvalue weighted by molar-refractivity contribution is 9.10. The minimum absolute atomic E-state index is 0.0473. The van der Waals surface area contributed by atoms with E-state index in [1.54, 1.807) is 18.2 Å². The fourth-order valence-electron chi connectivity index (χ4n) is 2.60. The zero-order valence-corrected chi connectivity index (χ0v) is 19.3. The van der Waals surface area contributed by atoms with E-state index >= 15 is 0 Å². The third kappa shape index (κ3) is 5.64. The van der Waals surface area contributed by atoms with Gasteiger partial charge in [0.05, 0.1) is 27.8 Å². The van der Waals surface area contributed by atoms with Crippen LogP contribution in [0.25, 0.3) is 6.08 Å². The van der Waals surface area contributed by atoms with Crippen molar-refractivity contribution in [2.45, 2.75) is 33.3 Å². The van der Waals surface area contributed by atoms with E-state index in [1.807, 2.05) is 26.0 Å². The highest BCUT2D eigenvalue weighted by atomic mass is 79.9. The van der Waals surface area contributed by atoms with Gasteiger partial charge in [-0.05, 0) is 96.0 Å². The molecule has 0 unspecified atom stereocenters. The van der Waals surface area contributed by atoms with Crippen molar-refractivity contribution in [2.75, 3.05) is 6.61 Å². The molecule has 30 heavy (non-hydrogen) atoms. The van der Waals surface area contributed by atoms with E-state index in [0.29, 0.717) is 33.9 Å². The maximum Gasteiger partial charge on any atom is 0.264 e. The van der Waals surface area contributed by atoms with Crippen molar-refractivity contribution in [1.82, 2.24) is 5.32 Å². The molecule has 8 heteroatoms. The first-order chi connectivity index (χ1) is 14.4. The van der Waals surface area contributed by atoms with Gasteiger partial charge in [0.15, 0.2) is 16.7 Å². The van der Waals surface area contributed by atoms with E-state index < -0.39 is 0 Å². The van der Waals surface area contributed by atoms with Crippen LogP contribution in [0, 0.1) is 5.82 Å². The van der Waals surface area contributed by atoms with Gasteiger partial charge in [-0.3, -0.25) is 4.79 Å². The molecule has 1 atom stereocenters. The highest BCUT2D eigenvalue weighted by Gasteiger charge is 2.24. The van der Waals surface area contributed by atoms with E-state index in [1.165, 1.54) is 23.9 Å². The van der Waals surface area contributed by atoms with Crippen LogP contribution in [0.1, 0.15) is 32.8 Å². The van der Waals surface area contributed by atoms with Crippen molar-refractivity contribution in [2.24, 2.45) is 4.99 Å². The number of nitrogens with zero attached hydrogens (tertiary/aromatic N) is 1. The quantitative estimate of drug-likeness (QED) is 0.477. The zero-order chi connectivity index (χ0) is 21.7. The number of hydrogen-bond acceptors (Lipinski definition) is 5. The number of carbonyl (C=O) groups is 1. The summed E-state index contributed by atoms with van der Waals surface area (Å²) in [5, 5.41) is 3.17. The number of aliphatic imine (C=N–C) groups is 1. The Hall–Kier alpha value is -2.32. The molecule has 2 aromatic carbocycles. The molecule has 5 nitrogen and oxygen atoms in total. The molecule has 1 N–H and O–H groups in total. The van der Waals surface area contributed by atoms with Crippen molar-refractivity contribution >= 4 is 50.5 Å². The maximum absolute atomic E-state index is 13.0. The molecule has 1 aliphatic heterocycles. The van der Waals surface area contributed by atoms with Crippen LogP contribution in [0.4, 0.5) is 10.1 Å². The number of nitrogens with one attached hydrogen (secondary N) is 1. The number of amides is 1. The van der Waals surface area contributed by atoms with Gasteiger partial charge in [0, 0.05) is 0 Å². The van der Waals surface area contributed by atoms with Gasteiger partial charge >= 0.3 is 0 Å². The summed E-state index contributed by atoms with van der Waals surface area (Å²) in [6, 6.07) is 9.50. The van der Waals surface area contributed by atoms with Crippen molar-refractivity contribution in [3.05, 3.63) is 57.2 Å². The molecule has 158 valence electrons. The molecular weight excluding hydrogens is 471 g/mol. The van der Waals surface area contributed by atoms with Crippen molar-refractivity contribution < 1.29 is 18.7 Å². The van der Waals surface area contributed by atoms with E-state index in [-0.39, 0.29) is 17.8 Å². The molecule has 0 saturated carbocycles. The summed E-state index contributed by atoms with van der Waals surface area (Å²) in [5.74, 6) is 0.687. The predicted molar refractivity (Wildman–Crippen MR) is 123 cm³/mol. The fourth-order valence-corrected chi connectivity index (χ4v) is 3.99. The molecule has 0 aliphatic carbocycles. The van der Waals surface area contributed by atoms with Crippen LogP contribution in [-0.4, -0.2) is 23.8 Å². The third-order valence-electron chi connectivity index (χ3n) is 4.23. The summed E-state index contributed by atoms with van der Waals surface area (Å²) in [4.78, 5) is 17.2. The first-order valence-electron chi connectivity index (χ1n) is 9.57. The van der Waals surface area contributed by atoms with Crippen LogP contribution in [0.2, 0.25) is 0 Å². The van der Waals surface area contributed by atoms with Crippen molar-refractivity contribution in [1.29, 1.82) is 0 Å². The molecule has 1 saturated heterocycles. The number of ether oxygens (including phenoxy) is 2. The molecular formula is C22H22BrFN2O3S. The molecule has 1 aliphatic rings. The van der Waals surface area contributed by atoms with E-state index in [9.17, 15) is 9.18 Å². The normalized spacial score (nSPS) is 17.3. The van der Waals surface area contributed by atoms with Crippen LogP contribution in [0.15, 0.2) is 50.8 Å². The lowest BCUT2D eigenvalue weighted by molar-refractivity contribution is -0.115. The summed E-state index contributed by atoms with van der Waals surface area (Å²) >= 11 is 4.78. The molecule has 0 spiro atoms. The molecule has 1 fully saturated rings. The van der Waals surface area contributed by atoms with Gasteiger partial charge in [0.25, 0.3) is 5.91 Å². The first kappa shape index (κ1) is 22.4. The largest absolute Gasteiger partial charge is 0.490 e. The minimum atomic E-state index is -0.334. The average Bonchev–Trinajstić information content (AvgIpc) is 3.05. The molecule has 0 bridgehead atoms. The molecule has 0 aromatic heterocycles. The van der Waals surface area contributed by atoms with Gasteiger partial charge in [-0.15, -0.1) is 0 Å². The Morgan fingerprint density at radius 1 is 1.27 bits per heavy atom. The summed E-state index contributed by atoms with van der Waals surface area (Å²) in [6.45, 7) is 6.45. The highest BCUT2D eigenvalue weighted by Crippen LogP contribution is 2.39. The molecule has 0 radical (unpaired) electrons. The van der Waals surface area contributed by atoms with Crippen molar-refractivity contribution in [3.63, 3.8) is 0 Å². The number of halogens is 2. The molecule has 1 amide bonds. The topological polar surface area (TPSA) is 59.9 Å². The Morgan fingerprint density at radius 3 is 2.67 bits per heavy atom. The third-order valence-corrected chi connectivity index (χ3v) is 5.73. The molecule has 2 aromatic rings. The van der Waals surface area contributed by atoms with Crippen LogP contribution in [0.3, 0.4) is 0 Å². The second-order valence-electron chi connectivity index (χ2n) is 6.56. The molecule has 1 heterocycles. The SMILES string of the molecule is CCOc1cc(/C=C2/SC(=Nc3ccc(F)cc3)NC2=O)cc(Br)c1O[C@H](C)CC. The minimum Gasteiger partial charge on any atom is -0.490 e. The number of thioether (sulfide) groups is 1. The van der Waals surface area contributed by atoms with Gasteiger partial charge in [0.1, 0.15) is 5.82 Å². The Kier molecular flexibility index (Phi) is 7.55. The Labute approximate surface area is 187 Å². The second-order valence-corrected chi connectivity index (χ2v) is 8.44. The summed E-state index contributed by atoms with van der Waals surface area (Å²) in [7, 11) is 0. The van der Waals surface area contributed by atoms with Gasteiger partial charge in [-0.2, -0.15) is 0 Å². The van der Waals surface area contributed by atoms with Gasteiger partial charge in [-0.25, -0.2) is 9.38 Å². The standard InChI is InChI=1S/C22H22BrFN2O3S/c1-4-13(3)29-20-17(23)10-14(11-18(20)28-5-2)12-19-21(27)26-22(30-19)25-16-8-6-15(24)7-9-16/h6-13H,4-5H2,1-3H3,(H,25,26,27)/b19-12+/t13-/m1/s1. The summed E-state index contributed by atoms with van der Waals surface area (Å²) < 4.78 is 25.6. The summed E-state index contributed by atoms with van der Waals surface area (Å²) in [5.41, 5.74) is 1.36. The maximum atomic E-state index is 13.0. The van der Waals surface area contributed by atoms with Crippen LogP contribution in [-0.2, 0) is 4.79 Å². The summed E-state index contributed by atoms with van der Waals surface area (Å²) in [6.07, 6.45) is 2.69. The fraction of sp³-hybridized carbons (Fsp3) is 0.273. The van der Waals surface area contributed by atoms with Gasteiger partial charge < -0.3 is 14.8 Å². The molecule has 3 rings (SSSR count). The van der Waals surface area contributed by atoms with Crippen LogP contribution >= 0.6 is 27.7 Å². The monoisotopic (exact) mass is 492 g/mol. The van der Waals surface area contributed by atoms with Crippen molar-refractivity contribution in [3.8, 4) is 11.5 Å². The Balaban J connectivity index is 1.86. The average molecular weight is 493 g/mol. The lowest BCUT2D eigenvalue weighted by Crippen LogP contribution is -2.19. The predicted octanol–water partition coefficient (Wildman–Crippen LogP) is 6.06. The number of amidine groups is 1. The number of hydrogen-bond donors (Lipinski definition) is 1. The lowest BCUT2D eigenvalue weighted by atomic mass is 10.1. The lowest BCUT2D eigenvalue weighted by Gasteiger charge is -2.18. The Bertz CT molecular complexity index is 993. The number of carbonyl (C=O) groups excluding carboxylic acids is 1. The van der Waals surface area contributed by atoms with Gasteiger partial charge in [-0.1, -0.05) is 6.92 Å². The number of rotatable bonds is 7. The van der Waals surface area contributed by atoms with E-state index in [4.69, 9.17) is 9.47 Å². The first-order valence-corrected chi connectivity index (χ1v) is 11.2. The Morgan fingerprint density at radius 2 is 2.00 bits per heavy atom. The smallest absolute Gasteiger partial charge is 0.264 e. The van der Waals surface area contributed by atoms with E-state index in [2.05, 4.69) is 33.2 Å².